The fourth-order valence-electron chi connectivity index (χ4n) is 2.25. The molecule has 0 saturated heterocycles. The Labute approximate surface area is 123 Å². The van der Waals surface area contributed by atoms with Crippen molar-refractivity contribution >= 4 is 16.7 Å². The molecule has 0 spiro atoms. The second-order valence-corrected chi connectivity index (χ2v) is 4.86. The highest BCUT2D eigenvalue weighted by molar-refractivity contribution is 5.99. The van der Waals surface area contributed by atoms with Crippen molar-refractivity contribution in [3.8, 4) is 5.75 Å². The van der Waals surface area contributed by atoms with Crippen LogP contribution in [0.5, 0.6) is 5.75 Å². The predicted octanol–water partition coefficient (Wildman–Crippen LogP) is 3.67. The molecule has 3 rings (SSSR count). The van der Waals surface area contributed by atoms with E-state index in [4.69, 9.17) is 4.74 Å². The Morgan fingerprint density at radius 1 is 1.10 bits per heavy atom. The number of Topliss-reactive ketones (excluding diaryl/α,β-unsaturated/α-hetero) is 1. The number of carbonyl (C=O) groups excluding carboxylic acids is 1. The van der Waals surface area contributed by atoms with Crippen molar-refractivity contribution in [1.82, 2.24) is 4.98 Å². The molecule has 0 aliphatic rings. The van der Waals surface area contributed by atoms with E-state index in [2.05, 4.69) is 4.98 Å². The van der Waals surface area contributed by atoms with Crippen LogP contribution in [-0.2, 0) is 6.42 Å². The van der Waals surface area contributed by atoms with Crippen molar-refractivity contribution in [2.24, 2.45) is 0 Å². The molecule has 3 nitrogen and oxygen atoms in total. The van der Waals surface area contributed by atoms with E-state index in [1.807, 2.05) is 54.6 Å². The Kier molecular flexibility index (Phi) is 3.65. The van der Waals surface area contributed by atoms with E-state index >= 15 is 0 Å². The maximum Gasteiger partial charge on any atom is 0.168 e. The summed E-state index contributed by atoms with van der Waals surface area (Å²) in [5, 5.41) is 0.984. The van der Waals surface area contributed by atoms with Crippen LogP contribution in [0.25, 0.3) is 10.9 Å². The summed E-state index contributed by atoms with van der Waals surface area (Å²) < 4.78 is 5.11. The SMILES string of the molecule is COc1ccc(CC(=O)c2cnc3ccccc3c2)cc1. The van der Waals surface area contributed by atoms with Gasteiger partial charge in [0.05, 0.1) is 12.6 Å². The van der Waals surface area contributed by atoms with E-state index in [9.17, 15) is 4.79 Å². The van der Waals surface area contributed by atoms with Crippen molar-refractivity contribution in [3.05, 3.63) is 71.9 Å². The van der Waals surface area contributed by atoms with Gasteiger partial charge in [0.2, 0.25) is 0 Å². The van der Waals surface area contributed by atoms with Crippen molar-refractivity contribution in [1.29, 1.82) is 0 Å². The normalized spacial score (nSPS) is 10.5. The number of fused-ring (bicyclic) bond motifs is 1. The molecule has 0 unspecified atom stereocenters. The highest BCUT2D eigenvalue weighted by atomic mass is 16.5. The van der Waals surface area contributed by atoms with Gasteiger partial charge in [0.25, 0.3) is 0 Å². The molecule has 0 radical (unpaired) electrons. The summed E-state index contributed by atoms with van der Waals surface area (Å²) in [6.07, 6.45) is 2.01. The minimum Gasteiger partial charge on any atom is -0.497 e. The number of carbonyl (C=O) groups is 1. The molecule has 1 heterocycles. The minimum absolute atomic E-state index is 0.0680. The zero-order valence-corrected chi connectivity index (χ0v) is 11.7. The molecule has 0 bridgehead atoms. The number of nitrogens with zero attached hydrogens (tertiary/aromatic N) is 1. The van der Waals surface area contributed by atoms with Gasteiger partial charge in [-0.15, -0.1) is 0 Å². The van der Waals surface area contributed by atoms with Gasteiger partial charge in [-0.2, -0.15) is 0 Å². The molecule has 0 aliphatic carbocycles. The first kappa shape index (κ1) is 13.3. The zero-order valence-electron chi connectivity index (χ0n) is 11.7. The van der Waals surface area contributed by atoms with Crippen LogP contribution in [0.4, 0.5) is 0 Å². The first-order chi connectivity index (χ1) is 10.3. The summed E-state index contributed by atoms with van der Waals surface area (Å²) in [6.45, 7) is 0. The van der Waals surface area contributed by atoms with Crippen LogP contribution in [0, 0.1) is 0 Å². The highest BCUT2D eigenvalue weighted by Crippen LogP contribution is 2.16. The van der Waals surface area contributed by atoms with Crippen molar-refractivity contribution in [2.75, 3.05) is 7.11 Å². The largest absolute Gasteiger partial charge is 0.497 e. The second-order valence-electron chi connectivity index (χ2n) is 4.86. The van der Waals surface area contributed by atoms with Gasteiger partial charge in [-0.1, -0.05) is 30.3 Å². The van der Waals surface area contributed by atoms with E-state index in [0.717, 1.165) is 22.2 Å². The number of para-hydroxylation sites is 1. The molecule has 0 fully saturated rings. The molecular weight excluding hydrogens is 262 g/mol. The van der Waals surface area contributed by atoms with E-state index in [-0.39, 0.29) is 5.78 Å². The van der Waals surface area contributed by atoms with Crippen molar-refractivity contribution < 1.29 is 9.53 Å². The first-order valence-corrected chi connectivity index (χ1v) is 6.77. The molecule has 1 aromatic heterocycles. The smallest absolute Gasteiger partial charge is 0.168 e. The third-order valence-electron chi connectivity index (χ3n) is 3.44. The predicted molar refractivity (Wildman–Crippen MR) is 82.8 cm³/mol. The van der Waals surface area contributed by atoms with E-state index in [0.29, 0.717) is 12.0 Å². The number of ketones is 1. The van der Waals surface area contributed by atoms with E-state index < -0.39 is 0 Å². The van der Waals surface area contributed by atoms with Crippen molar-refractivity contribution in [2.45, 2.75) is 6.42 Å². The van der Waals surface area contributed by atoms with Gasteiger partial charge in [-0.3, -0.25) is 9.78 Å². The summed E-state index contributed by atoms with van der Waals surface area (Å²) in [7, 11) is 1.63. The number of methoxy groups -OCH3 is 1. The number of benzene rings is 2. The summed E-state index contributed by atoms with van der Waals surface area (Å²) >= 11 is 0. The maximum atomic E-state index is 12.3. The van der Waals surface area contributed by atoms with Crippen LogP contribution in [-0.4, -0.2) is 17.9 Å². The topological polar surface area (TPSA) is 39.2 Å². The van der Waals surface area contributed by atoms with Crippen LogP contribution >= 0.6 is 0 Å². The third-order valence-corrected chi connectivity index (χ3v) is 3.44. The molecule has 3 heteroatoms. The average molecular weight is 277 g/mol. The zero-order chi connectivity index (χ0) is 14.7. The Morgan fingerprint density at radius 2 is 1.86 bits per heavy atom. The second kappa shape index (κ2) is 5.75. The van der Waals surface area contributed by atoms with Gasteiger partial charge in [0, 0.05) is 23.6 Å². The lowest BCUT2D eigenvalue weighted by Crippen LogP contribution is -2.04. The molecule has 0 amide bonds. The number of hydrogen-bond donors (Lipinski definition) is 0. The van der Waals surface area contributed by atoms with Crippen molar-refractivity contribution in [3.63, 3.8) is 0 Å². The average Bonchev–Trinajstić information content (AvgIpc) is 2.55. The monoisotopic (exact) mass is 277 g/mol. The summed E-state index contributed by atoms with van der Waals surface area (Å²) in [5.74, 6) is 0.858. The molecular formula is C18H15NO2. The molecule has 0 atom stereocenters. The summed E-state index contributed by atoms with van der Waals surface area (Å²) in [6, 6.07) is 17.2. The van der Waals surface area contributed by atoms with Gasteiger partial charge in [-0.05, 0) is 29.8 Å². The van der Waals surface area contributed by atoms with Gasteiger partial charge < -0.3 is 4.74 Å². The molecule has 0 aliphatic heterocycles. The quantitative estimate of drug-likeness (QED) is 0.683. The van der Waals surface area contributed by atoms with Crippen LogP contribution < -0.4 is 4.74 Å². The van der Waals surface area contributed by atoms with Gasteiger partial charge >= 0.3 is 0 Å². The Bertz CT molecular complexity index is 779. The highest BCUT2D eigenvalue weighted by Gasteiger charge is 2.08. The fraction of sp³-hybridized carbons (Fsp3) is 0.111. The number of rotatable bonds is 4. The van der Waals surface area contributed by atoms with Gasteiger partial charge in [0.1, 0.15) is 5.75 Å². The van der Waals surface area contributed by atoms with Crippen LogP contribution in [0.3, 0.4) is 0 Å². The van der Waals surface area contributed by atoms with Gasteiger partial charge in [0.15, 0.2) is 5.78 Å². The molecule has 0 saturated carbocycles. The molecule has 104 valence electrons. The number of aromatic nitrogens is 1. The minimum atomic E-state index is 0.0680. The lowest BCUT2D eigenvalue weighted by molar-refractivity contribution is 0.0993. The summed E-state index contributed by atoms with van der Waals surface area (Å²) in [4.78, 5) is 16.7. The fourth-order valence-corrected chi connectivity index (χ4v) is 2.25. The van der Waals surface area contributed by atoms with Crippen LogP contribution in [0.2, 0.25) is 0 Å². The lowest BCUT2D eigenvalue weighted by atomic mass is 10.0. The molecule has 21 heavy (non-hydrogen) atoms. The Balaban J connectivity index is 1.82. The van der Waals surface area contributed by atoms with Crippen LogP contribution in [0.15, 0.2) is 60.8 Å². The molecule has 3 aromatic rings. The van der Waals surface area contributed by atoms with Crippen LogP contribution in [0.1, 0.15) is 15.9 Å². The number of hydrogen-bond acceptors (Lipinski definition) is 3. The van der Waals surface area contributed by atoms with Gasteiger partial charge in [-0.25, -0.2) is 0 Å². The third kappa shape index (κ3) is 2.92. The lowest BCUT2D eigenvalue weighted by Gasteiger charge is -2.04. The molecule has 2 aromatic carbocycles. The Hall–Kier alpha value is -2.68. The molecule has 0 N–H and O–H groups in total. The maximum absolute atomic E-state index is 12.3. The Morgan fingerprint density at radius 3 is 2.62 bits per heavy atom. The van der Waals surface area contributed by atoms with E-state index in [1.165, 1.54) is 0 Å². The first-order valence-electron chi connectivity index (χ1n) is 6.77. The summed E-state index contributed by atoms with van der Waals surface area (Å²) in [5.41, 5.74) is 2.51. The number of pyridine rings is 1. The van der Waals surface area contributed by atoms with E-state index in [1.54, 1.807) is 13.3 Å². The number of ether oxygens (including phenoxy) is 1. The standard InChI is InChI=1S/C18H15NO2/c1-21-16-8-6-13(7-9-16)10-18(20)15-11-14-4-2-3-5-17(14)19-12-15/h2-9,11-12H,10H2,1H3.